The highest BCUT2D eigenvalue weighted by atomic mass is 35.5. The molecule has 2 aliphatic heterocycles. The monoisotopic (exact) mass is 805 g/mol. The molecule has 0 saturated carbocycles. The van der Waals surface area contributed by atoms with Crippen LogP contribution in [0.2, 0.25) is 5.02 Å². The fourth-order valence-electron chi connectivity index (χ4n) is 4.96. The molecule has 4 aromatic rings. The number of hydrogen-bond donors (Lipinski definition) is 4. The van der Waals surface area contributed by atoms with Gasteiger partial charge < -0.3 is 26.6 Å². The molecule has 4 heterocycles. The first-order chi connectivity index (χ1) is 25.7. The lowest BCUT2D eigenvalue weighted by molar-refractivity contribution is -0.193. The Morgan fingerprint density at radius 3 is 2.11 bits per heavy atom. The van der Waals surface area contributed by atoms with Crippen LogP contribution in [-0.2, 0) is 27.2 Å². The Bertz CT molecular complexity index is 1960. The van der Waals surface area contributed by atoms with Crippen LogP contribution in [-0.4, -0.2) is 75.4 Å². The first-order valence-corrected chi connectivity index (χ1v) is 16.2. The largest absolute Gasteiger partial charge is 0.458 e. The number of aromatic nitrogens is 4. The van der Waals surface area contributed by atoms with Gasteiger partial charge in [-0.2, -0.15) is 49.5 Å². The summed E-state index contributed by atoms with van der Waals surface area (Å²) in [5.74, 6) is -4.30. The van der Waals surface area contributed by atoms with Crippen molar-refractivity contribution >= 4 is 70.0 Å². The summed E-state index contributed by atoms with van der Waals surface area (Å²) >= 11 is 6.40. The second-order valence-corrected chi connectivity index (χ2v) is 12.1. The van der Waals surface area contributed by atoms with E-state index < -0.39 is 36.4 Å². The average Bonchev–Trinajstić information content (AvgIpc) is 3.12. The minimum absolute atomic E-state index is 0.273. The van der Waals surface area contributed by atoms with E-state index in [9.17, 15) is 49.1 Å². The number of anilines is 7. The van der Waals surface area contributed by atoms with Crippen LogP contribution in [0.15, 0.2) is 60.9 Å². The van der Waals surface area contributed by atoms with Crippen LogP contribution in [0.1, 0.15) is 24.0 Å². The number of benzene rings is 2. The number of alkyl halides is 9. The van der Waals surface area contributed by atoms with E-state index in [4.69, 9.17) is 27.1 Å². The highest BCUT2D eigenvalue weighted by Crippen LogP contribution is 2.31. The number of hydrogen-bond acceptors (Lipinski definition) is 12. The highest BCUT2D eigenvalue weighted by Gasteiger charge is 2.54. The fraction of sp³-hybridized carbons (Fsp3) is 0.303. The third-order valence-electron chi connectivity index (χ3n) is 7.58. The summed E-state index contributed by atoms with van der Waals surface area (Å²) in [6, 6.07) is 16.7. The zero-order valence-electron chi connectivity index (χ0n) is 28.0. The van der Waals surface area contributed by atoms with Gasteiger partial charge in [0, 0.05) is 42.4 Å². The van der Waals surface area contributed by atoms with E-state index in [2.05, 4.69) is 54.0 Å². The number of nitrogens with one attached hydrogen (secondary N) is 3. The summed E-state index contributed by atoms with van der Waals surface area (Å²) in [7, 11) is 0. The molecule has 2 aliphatic rings. The van der Waals surface area contributed by atoms with Crippen molar-refractivity contribution in [2.75, 3.05) is 33.9 Å². The van der Waals surface area contributed by atoms with Crippen LogP contribution < -0.4 is 26.6 Å². The molecule has 0 spiro atoms. The van der Waals surface area contributed by atoms with Gasteiger partial charge in [-0.15, -0.1) is 0 Å². The summed E-state index contributed by atoms with van der Waals surface area (Å²) < 4.78 is 98.2. The van der Waals surface area contributed by atoms with Crippen LogP contribution in [0.3, 0.4) is 0 Å². The second kappa shape index (κ2) is 17.7. The molecule has 0 radical (unpaired) electrons. The fourth-order valence-corrected chi connectivity index (χ4v) is 5.09. The van der Waals surface area contributed by atoms with Crippen molar-refractivity contribution in [2.45, 2.75) is 50.3 Å². The van der Waals surface area contributed by atoms with Crippen LogP contribution >= 0.6 is 11.6 Å². The molecule has 6 bridgehead atoms. The van der Waals surface area contributed by atoms with Gasteiger partial charge >= 0.3 is 30.1 Å². The van der Waals surface area contributed by atoms with Crippen LogP contribution in [0.25, 0.3) is 0 Å². The van der Waals surface area contributed by atoms with Crippen molar-refractivity contribution in [1.82, 2.24) is 19.9 Å². The summed E-state index contributed by atoms with van der Waals surface area (Å²) in [5, 5.41) is 10.5. The normalized spacial score (nSPS) is 14.4. The van der Waals surface area contributed by atoms with Gasteiger partial charge in [-0.25, -0.2) is 9.97 Å². The number of nitrogens with two attached hydrogens (primary N) is 1. The minimum Gasteiger partial charge on any atom is -0.356 e. The quantitative estimate of drug-likeness (QED) is 0.0934. The van der Waals surface area contributed by atoms with Crippen molar-refractivity contribution in [2.24, 2.45) is 5.73 Å². The number of rotatable bonds is 4. The first kappa shape index (κ1) is 42.2. The molecule has 12 nitrogen and oxygen atoms in total. The van der Waals surface area contributed by atoms with Crippen molar-refractivity contribution in [3.8, 4) is 0 Å². The molecule has 0 amide bonds. The van der Waals surface area contributed by atoms with Gasteiger partial charge in [0.15, 0.2) is 5.82 Å². The number of carbonyl (C=O) groups excluding carboxylic acids is 3. The Labute approximate surface area is 310 Å². The van der Waals surface area contributed by atoms with Crippen molar-refractivity contribution in [3.05, 3.63) is 77.1 Å². The number of aldehydes is 1. The van der Waals surface area contributed by atoms with Gasteiger partial charge in [-0.05, 0) is 73.2 Å². The van der Waals surface area contributed by atoms with E-state index in [-0.39, 0.29) is 6.04 Å². The molecular weight excluding hydrogens is 777 g/mol. The molecule has 5 N–H and O–H groups in total. The lowest BCUT2D eigenvalue weighted by Gasteiger charge is -2.31. The standard InChI is InChI=1S/C27H28ClN9.C4F6O2.C2HF3O/c28-22-16-31-27-33-20-3-1-2-17(14-20)4-5-18-15-21(32-25(22)36-27)6-7-23(18)34-26-30-11-8-24(35-26)37-12-9-19(29)10-13-37;5-3(6,7)1(11)2(12)4(8,9)10;3-2(4,5)1-6/h1-3,6-8,11,14-16,19H,4-5,9-10,12-13,29H2,(H,30,34,35)(H2,31,32,33,36);;1H. The number of piperidine rings is 1. The van der Waals surface area contributed by atoms with E-state index in [0.29, 0.717) is 22.7 Å². The Balaban J connectivity index is 0.000000312. The molecule has 2 aromatic heterocycles. The summed E-state index contributed by atoms with van der Waals surface area (Å²) in [4.78, 5) is 48.4. The smallest absolute Gasteiger partial charge is 0.356 e. The predicted octanol–water partition coefficient (Wildman–Crippen LogP) is 7.17. The topological polar surface area (TPSA) is 168 Å². The van der Waals surface area contributed by atoms with Crippen molar-refractivity contribution in [1.29, 1.82) is 0 Å². The van der Waals surface area contributed by atoms with E-state index in [1.165, 1.54) is 5.56 Å². The maximum absolute atomic E-state index is 11.2. The third-order valence-corrected chi connectivity index (χ3v) is 7.86. The molecule has 294 valence electrons. The number of aryl methyl sites for hydroxylation is 2. The van der Waals surface area contributed by atoms with Gasteiger partial charge in [-0.3, -0.25) is 14.4 Å². The zero-order valence-corrected chi connectivity index (χ0v) is 28.7. The number of nitrogens with zero attached hydrogens (tertiary/aromatic N) is 5. The number of halogens is 10. The van der Waals surface area contributed by atoms with Gasteiger partial charge in [0.05, 0.1) is 6.20 Å². The molecule has 0 aliphatic carbocycles. The molecule has 1 fully saturated rings. The number of ketones is 2. The third kappa shape index (κ3) is 12.8. The van der Waals surface area contributed by atoms with E-state index in [0.717, 1.165) is 67.2 Å². The second-order valence-electron chi connectivity index (χ2n) is 11.7. The van der Waals surface area contributed by atoms with Gasteiger partial charge in [0.2, 0.25) is 18.2 Å². The Hall–Kier alpha value is -5.57. The van der Waals surface area contributed by atoms with Gasteiger partial charge in [0.25, 0.3) is 0 Å². The summed E-state index contributed by atoms with van der Waals surface area (Å²) in [6.45, 7) is 1.81. The number of Topliss-reactive ketones (excluding diaryl/α,β-unsaturated/α-hetero) is 2. The molecular formula is C33H29ClF9N9O3. The predicted molar refractivity (Wildman–Crippen MR) is 183 cm³/mol. The lowest BCUT2D eigenvalue weighted by Crippen LogP contribution is -2.40. The molecule has 6 rings (SSSR count). The van der Waals surface area contributed by atoms with E-state index in [1.54, 1.807) is 12.4 Å². The number of carbonyl (C=O) groups is 3. The SMILES string of the molecule is NC1CCN(c2ccnc(Nc3ccc4cc3CCc3cccc(c3)Nc3ncc(Cl)c(n3)N4)n2)CC1.O=C(C(=O)C(F)(F)F)C(F)(F)F.O=CC(F)(F)F. The molecule has 55 heavy (non-hydrogen) atoms. The van der Waals surface area contributed by atoms with Crippen molar-refractivity contribution in [3.63, 3.8) is 0 Å². The maximum atomic E-state index is 11.2. The minimum atomic E-state index is -5.77. The van der Waals surface area contributed by atoms with Crippen LogP contribution in [0.4, 0.5) is 80.1 Å². The molecule has 2 aromatic carbocycles. The average molecular weight is 806 g/mol. The van der Waals surface area contributed by atoms with Crippen LogP contribution in [0.5, 0.6) is 0 Å². The molecule has 1 saturated heterocycles. The Morgan fingerprint density at radius 1 is 0.855 bits per heavy atom. The van der Waals surface area contributed by atoms with Gasteiger partial charge in [-0.1, -0.05) is 23.7 Å². The van der Waals surface area contributed by atoms with Crippen molar-refractivity contribution < 1.29 is 53.9 Å². The number of fused-ring (bicyclic) bond motifs is 6. The van der Waals surface area contributed by atoms with Gasteiger partial charge in [0.1, 0.15) is 10.8 Å². The molecule has 0 unspecified atom stereocenters. The molecule has 22 heteroatoms. The van der Waals surface area contributed by atoms with E-state index in [1.807, 2.05) is 30.3 Å². The Morgan fingerprint density at radius 2 is 1.49 bits per heavy atom. The zero-order chi connectivity index (χ0) is 40.6. The molecule has 0 atom stereocenters. The highest BCUT2D eigenvalue weighted by molar-refractivity contribution is 6.41. The Kier molecular flexibility index (Phi) is 13.6. The summed E-state index contributed by atoms with van der Waals surface area (Å²) in [5.41, 5.74) is 11.2. The van der Waals surface area contributed by atoms with Crippen LogP contribution in [0, 0.1) is 0 Å². The maximum Gasteiger partial charge on any atom is 0.458 e. The summed E-state index contributed by atoms with van der Waals surface area (Å²) in [6.07, 6.45) is -10.2. The first-order valence-electron chi connectivity index (χ1n) is 15.9. The lowest BCUT2D eigenvalue weighted by atomic mass is 10.0. The van der Waals surface area contributed by atoms with E-state index >= 15 is 0 Å².